The summed E-state index contributed by atoms with van der Waals surface area (Å²) in [6, 6.07) is 1.95. The number of benzene rings is 1. The Balaban J connectivity index is 3.39. The molecule has 0 saturated carbocycles. The molecule has 0 bridgehead atoms. The van der Waals surface area contributed by atoms with Gasteiger partial charge >= 0.3 is 0 Å². The minimum absolute atomic E-state index is 0.436. The fourth-order valence-corrected chi connectivity index (χ4v) is 1.96. The fourth-order valence-electron chi connectivity index (χ4n) is 1.63. The molecule has 0 aromatic heterocycles. The van der Waals surface area contributed by atoms with Gasteiger partial charge in [-0.25, -0.2) is 0 Å². The maximum absolute atomic E-state index is 5.86. The highest BCUT2D eigenvalue weighted by molar-refractivity contribution is 6.17. The molecular weight excluding hydrogens is 200 g/mol. The Hall–Kier alpha value is -0.890. The molecule has 0 unspecified atom stereocenters. The molecule has 2 nitrogen and oxygen atoms in total. The zero-order valence-corrected chi connectivity index (χ0v) is 9.73. The van der Waals surface area contributed by atoms with Crippen LogP contribution in [0.15, 0.2) is 6.07 Å². The molecule has 3 heteroatoms. The van der Waals surface area contributed by atoms with Crippen molar-refractivity contribution >= 4 is 11.6 Å². The molecule has 0 heterocycles. The molecule has 0 atom stereocenters. The molecule has 14 heavy (non-hydrogen) atoms. The van der Waals surface area contributed by atoms with E-state index in [0.29, 0.717) is 5.88 Å². The third-order valence-corrected chi connectivity index (χ3v) is 2.62. The number of hydrogen-bond acceptors (Lipinski definition) is 2. The Labute approximate surface area is 89.8 Å². The van der Waals surface area contributed by atoms with E-state index in [0.717, 1.165) is 28.2 Å². The van der Waals surface area contributed by atoms with Crippen molar-refractivity contribution in [1.29, 1.82) is 0 Å². The van der Waals surface area contributed by atoms with Crippen molar-refractivity contribution in [3.63, 3.8) is 0 Å². The summed E-state index contributed by atoms with van der Waals surface area (Å²) in [5.74, 6) is 2.16. The van der Waals surface area contributed by atoms with Crippen LogP contribution in [0.3, 0.4) is 0 Å². The normalized spacial score (nSPS) is 10.1. The molecule has 78 valence electrons. The lowest BCUT2D eigenvalue weighted by Gasteiger charge is -2.15. The lowest BCUT2D eigenvalue weighted by atomic mass is 10.0. The van der Waals surface area contributed by atoms with Crippen molar-refractivity contribution in [1.82, 2.24) is 0 Å². The molecule has 0 amide bonds. The van der Waals surface area contributed by atoms with Crippen LogP contribution in [-0.2, 0) is 5.88 Å². The van der Waals surface area contributed by atoms with Crippen molar-refractivity contribution < 1.29 is 9.47 Å². The summed E-state index contributed by atoms with van der Waals surface area (Å²) in [5.41, 5.74) is 3.12. The Morgan fingerprint density at radius 3 is 2.29 bits per heavy atom. The van der Waals surface area contributed by atoms with Crippen molar-refractivity contribution in [3.8, 4) is 11.5 Å². The Bertz CT molecular complexity index is 335. The predicted octanol–water partition coefficient (Wildman–Crippen LogP) is 3.06. The van der Waals surface area contributed by atoms with Crippen LogP contribution >= 0.6 is 11.6 Å². The molecule has 0 aliphatic carbocycles. The molecule has 0 saturated heterocycles. The van der Waals surface area contributed by atoms with Gasteiger partial charge in [-0.3, -0.25) is 0 Å². The standard InChI is InChI=1S/C11H15ClO2/c1-7-5-10(13-3)9(6-12)8(2)11(7)14-4/h5H,6H2,1-4H3. The maximum atomic E-state index is 5.86. The van der Waals surface area contributed by atoms with Crippen molar-refractivity contribution in [3.05, 3.63) is 22.8 Å². The second kappa shape index (κ2) is 4.56. The van der Waals surface area contributed by atoms with Gasteiger partial charge in [0.05, 0.1) is 20.1 Å². The van der Waals surface area contributed by atoms with E-state index in [4.69, 9.17) is 21.1 Å². The number of hydrogen-bond donors (Lipinski definition) is 0. The number of aryl methyl sites for hydroxylation is 1. The lowest BCUT2D eigenvalue weighted by molar-refractivity contribution is 0.395. The van der Waals surface area contributed by atoms with E-state index < -0.39 is 0 Å². The highest BCUT2D eigenvalue weighted by Crippen LogP contribution is 2.34. The van der Waals surface area contributed by atoms with Gasteiger partial charge in [0, 0.05) is 5.56 Å². The first kappa shape index (κ1) is 11.2. The largest absolute Gasteiger partial charge is 0.496 e. The molecule has 0 spiro atoms. The zero-order valence-electron chi connectivity index (χ0n) is 8.98. The number of methoxy groups -OCH3 is 2. The third kappa shape index (κ3) is 1.80. The van der Waals surface area contributed by atoms with Crippen LogP contribution in [0.2, 0.25) is 0 Å². The van der Waals surface area contributed by atoms with Gasteiger partial charge in [0.2, 0.25) is 0 Å². The van der Waals surface area contributed by atoms with Gasteiger partial charge in [0.15, 0.2) is 0 Å². The van der Waals surface area contributed by atoms with Crippen molar-refractivity contribution in [2.75, 3.05) is 14.2 Å². The Morgan fingerprint density at radius 2 is 1.86 bits per heavy atom. The summed E-state index contributed by atoms with van der Waals surface area (Å²) in [6.45, 7) is 3.98. The molecular formula is C11H15ClO2. The van der Waals surface area contributed by atoms with Crippen LogP contribution < -0.4 is 9.47 Å². The topological polar surface area (TPSA) is 18.5 Å². The lowest BCUT2D eigenvalue weighted by Crippen LogP contribution is -1.98. The Morgan fingerprint density at radius 1 is 1.21 bits per heavy atom. The highest BCUT2D eigenvalue weighted by atomic mass is 35.5. The van der Waals surface area contributed by atoms with Gasteiger partial charge in [-0.2, -0.15) is 0 Å². The summed E-state index contributed by atoms with van der Waals surface area (Å²) in [5, 5.41) is 0. The summed E-state index contributed by atoms with van der Waals surface area (Å²) in [4.78, 5) is 0. The summed E-state index contributed by atoms with van der Waals surface area (Å²) in [7, 11) is 3.32. The summed E-state index contributed by atoms with van der Waals surface area (Å²) >= 11 is 5.86. The smallest absolute Gasteiger partial charge is 0.125 e. The van der Waals surface area contributed by atoms with Gasteiger partial charge in [0.25, 0.3) is 0 Å². The quantitative estimate of drug-likeness (QED) is 0.720. The van der Waals surface area contributed by atoms with Gasteiger partial charge in [-0.15, -0.1) is 11.6 Å². The predicted molar refractivity (Wildman–Crippen MR) is 58.6 cm³/mol. The van der Waals surface area contributed by atoms with Crippen molar-refractivity contribution in [2.45, 2.75) is 19.7 Å². The third-order valence-electron chi connectivity index (χ3n) is 2.35. The average Bonchev–Trinajstić information content (AvgIpc) is 2.17. The van der Waals surface area contributed by atoms with Gasteiger partial charge in [-0.05, 0) is 31.0 Å². The van der Waals surface area contributed by atoms with Gasteiger partial charge in [0.1, 0.15) is 11.5 Å². The van der Waals surface area contributed by atoms with E-state index in [-0.39, 0.29) is 0 Å². The molecule has 0 N–H and O–H groups in total. The van der Waals surface area contributed by atoms with Crippen LogP contribution in [-0.4, -0.2) is 14.2 Å². The Kier molecular flexibility index (Phi) is 3.64. The van der Waals surface area contributed by atoms with Crippen LogP contribution in [0.1, 0.15) is 16.7 Å². The van der Waals surface area contributed by atoms with E-state index in [1.54, 1.807) is 14.2 Å². The first-order valence-electron chi connectivity index (χ1n) is 4.42. The van der Waals surface area contributed by atoms with E-state index in [1.807, 2.05) is 19.9 Å². The van der Waals surface area contributed by atoms with Crippen LogP contribution in [0.5, 0.6) is 11.5 Å². The number of alkyl halides is 1. The van der Waals surface area contributed by atoms with E-state index in [2.05, 4.69) is 0 Å². The minimum atomic E-state index is 0.436. The van der Waals surface area contributed by atoms with Crippen molar-refractivity contribution in [2.24, 2.45) is 0 Å². The van der Waals surface area contributed by atoms with Crippen LogP contribution in [0.25, 0.3) is 0 Å². The first-order chi connectivity index (χ1) is 6.65. The SMILES string of the molecule is COc1cc(C)c(OC)c(C)c1CCl. The van der Waals surface area contributed by atoms with E-state index in [1.165, 1.54) is 0 Å². The number of halogens is 1. The van der Waals surface area contributed by atoms with E-state index >= 15 is 0 Å². The maximum Gasteiger partial charge on any atom is 0.125 e. The highest BCUT2D eigenvalue weighted by Gasteiger charge is 2.13. The molecule has 1 aromatic carbocycles. The first-order valence-corrected chi connectivity index (χ1v) is 4.96. The fraction of sp³-hybridized carbons (Fsp3) is 0.455. The summed E-state index contributed by atoms with van der Waals surface area (Å²) in [6.07, 6.45) is 0. The molecule has 0 fully saturated rings. The minimum Gasteiger partial charge on any atom is -0.496 e. The second-order valence-electron chi connectivity index (χ2n) is 3.17. The molecule has 0 aliphatic heterocycles. The van der Waals surface area contributed by atoms with Crippen LogP contribution in [0.4, 0.5) is 0 Å². The summed E-state index contributed by atoms with van der Waals surface area (Å²) < 4.78 is 10.6. The second-order valence-corrected chi connectivity index (χ2v) is 3.43. The number of ether oxygens (including phenoxy) is 2. The van der Waals surface area contributed by atoms with Gasteiger partial charge < -0.3 is 9.47 Å². The average molecular weight is 215 g/mol. The van der Waals surface area contributed by atoms with Gasteiger partial charge in [-0.1, -0.05) is 0 Å². The molecule has 0 aliphatic rings. The number of rotatable bonds is 3. The zero-order chi connectivity index (χ0) is 10.7. The molecule has 1 rings (SSSR count). The van der Waals surface area contributed by atoms with E-state index in [9.17, 15) is 0 Å². The monoisotopic (exact) mass is 214 g/mol. The van der Waals surface area contributed by atoms with Crippen LogP contribution in [0, 0.1) is 13.8 Å². The molecule has 1 aromatic rings. The molecule has 0 radical (unpaired) electrons.